The van der Waals surface area contributed by atoms with Crippen molar-refractivity contribution in [2.24, 2.45) is 0 Å². The van der Waals surface area contributed by atoms with E-state index in [1.807, 2.05) is 0 Å². The van der Waals surface area contributed by atoms with Gasteiger partial charge in [-0.25, -0.2) is 4.39 Å². The SMILES string of the molecule is C=C(c1cc(Cl)c(C)c(Cl)c1F)C(F)(F)F. The van der Waals surface area contributed by atoms with Crippen LogP contribution in [0.4, 0.5) is 17.6 Å². The molecule has 0 amide bonds. The van der Waals surface area contributed by atoms with Crippen molar-refractivity contribution < 1.29 is 17.6 Å². The Labute approximate surface area is 99.5 Å². The minimum absolute atomic E-state index is 0.0354. The highest BCUT2D eigenvalue weighted by Crippen LogP contribution is 2.38. The number of rotatable bonds is 1. The Hall–Kier alpha value is -0.740. The van der Waals surface area contributed by atoms with Crippen molar-refractivity contribution >= 4 is 28.8 Å². The zero-order valence-corrected chi connectivity index (χ0v) is 9.56. The summed E-state index contributed by atoms with van der Waals surface area (Å²) in [6.45, 7) is 4.20. The highest BCUT2D eigenvalue weighted by molar-refractivity contribution is 6.36. The Morgan fingerprint density at radius 2 is 1.81 bits per heavy atom. The third-order valence-corrected chi connectivity index (χ3v) is 2.90. The zero-order valence-electron chi connectivity index (χ0n) is 8.05. The molecule has 0 heterocycles. The quantitative estimate of drug-likeness (QED) is 0.498. The fourth-order valence-electron chi connectivity index (χ4n) is 1.06. The van der Waals surface area contributed by atoms with E-state index in [1.165, 1.54) is 6.92 Å². The molecule has 0 radical (unpaired) electrons. The van der Waals surface area contributed by atoms with Crippen LogP contribution in [0.1, 0.15) is 11.1 Å². The summed E-state index contributed by atoms with van der Waals surface area (Å²) in [6.07, 6.45) is -4.72. The summed E-state index contributed by atoms with van der Waals surface area (Å²) in [5.74, 6) is -1.16. The van der Waals surface area contributed by atoms with Crippen LogP contribution in [0.25, 0.3) is 5.57 Å². The lowest BCUT2D eigenvalue weighted by Gasteiger charge is -2.13. The smallest absolute Gasteiger partial charge is 0.205 e. The molecule has 16 heavy (non-hydrogen) atoms. The van der Waals surface area contributed by atoms with Gasteiger partial charge in [0.2, 0.25) is 0 Å². The molecule has 0 aliphatic rings. The van der Waals surface area contributed by atoms with Gasteiger partial charge in [0.1, 0.15) is 5.82 Å². The molecule has 6 heteroatoms. The Kier molecular flexibility index (Phi) is 3.55. The van der Waals surface area contributed by atoms with Crippen LogP contribution >= 0.6 is 23.2 Å². The Morgan fingerprint density at radius 1 is 1.31 bits per heavy atom. The molecule has 0 spiro atoms. The molecule has 0 aliphatic carbocycles. The number of alkyl halides is 3. The molecule has 1 aromatic carbocycles. The van der Waals surface area contributed by atoms with E-state index < -0.39 is 28.2 Å². The largest absolute Gasteiger partial charge is 0.416 e. The van der Waals surface area contributed by atoms with Crippen LogP contribution in [-0.2, 0) is 0 Å². The van der Waals surface area contributed by atoms with Gasteiger partial charge in [-0.05, 0) is 18.6 Å². The van der Waals surface area contributed by atoms with Gasteiger partial charge in [-0.2, -0.15) is 13.2 Å². The molecule has 0 nitrogen and oxygen atoms in total. The molecule has 0 aliphatic heterocycles. The van der Waals surface area contributed by atoms with Crippen LogP contribution in [0.5, 0.6) is 0 Å². The number of halogens is 6. The van der Waals surface area contributed by atoms with Gasteiger partial charge in [0.15, 0.2) is 0 Å². The Balaban J connectivity index is 3.43. The summed E-state index contributed by atoms with van der Waals surface area (Å²) in [6, 6.07) is 0.869. The van der Waals surface area contributed by atoms with Crippen molar-refractivity contribution in [2.75, 3.05) is 0 Å². The van der Waals surface area contributed by atoms with Crippen LogP contribution in [0.15, 0.2) is 12.6 Å². The first-order chi connectivity index (χ1) is 7.16. The molecule has 0 N–H and O–H groups in total. The predicted octanol–water partition coefficient (Wildman–Crippen LogP) is 5.02. The fraction of sp³-hybridized carbons (Fsp3) is 0.200. The highest BCUT2D eigenvalue weighted by Gasteiger charge is 2.35. The van der Waals surface area contributed by atoms with E-state index in [4.69, 9.17) is 23.2 Å². The molecule has 0 saturated carbocycles. The highest BCUT2D eigenvalue weighted by atomic mass is 35.5. The Bertz CT molecular complexity index is 449. The summed E-state index contributed by atoms with van der Waals surface area (Å²) in [7, 11) is 0. The van der Waals surface area contributed by atoms with Gasteiger partial charge in [-0.3, -0.25) is 0 Å². The lowest BCUT2D eigenvalue weighted by molar-refractivity contribution is -0.0688. The first-order valence-electron chi connectivity index (χ1n) is 4.06. The number of allylic oxidation sites excluding steroid dienone is 1. The second kappa shape index (κ2) is 4.26. The second-order valence-electron chi connectivity index (χ2n) is 3.14. The van der Waals surface area contributed by atoms with Crippen LogP contribution < -0.4 is 0 Å². The van der Waals surface area contributed by atoms with Gasteiger partial charge in [-0.1, -0.05) is 29.8 Å². The standard InChI is InChI=1S/C10H6Cl2F4/c1-4-7(11)3-6(9(13)8(4)12)5(2)10(14,15)16/h3H,2H2,1H3. The molecule has 0 unspecified atom stereocenters. The van der Waals surface area contributed by atoms with Crippen molar-refractivity contribution in [2.45, 2.75) is 13.1 Å². The van der Waals surface area contributed by atoms with Gasteiger partial charge in [0.05, 0.1) is 10.6 Å². The summed E-state index contributed by atoms with van der Waals surface area (Å²) in [4.78, 5) is 0. The topological polar surface area (TPSA) is 0 Å². The molecule has 1 aromatic rings. The fourth-order valence-corrected chi connectivity index (χ4v) is 1.51. The van der Waals surface area contributed by atoms with Gasteiger partial charge in [0.25, 0.3) is 0 Å². The minimum atomic E-state index is -4.72. The molecule has 0 bridgehead atoms. The van der Waals surface area contributed by atoms with Crippen LogP contribution in [-0.4, -0.2) is 6.18 Å². The maximum Gasteiger partial charge on any atom is 0.416 e. The van der Waals surface area contributed by atoms with E-state index in [0.717, 1.165) is 6.07 Å². The first kappa shape index (κ1) is 13.3. The minimum Gasteiger partial charge on any atom is -0.205 e. The van der Waals surface area contributed by atoms with E-state index >= 15 is 0 Å². The third kappa shape index (κ3) is 2.33. The normalized spacial score (nSPS) is 11.7. The Morgan fingerprint density at radius 3 is 2.25 bits per heavy atom. The summed E-state index contributed by atoms with van der Waals surface area (Å²) < 4.78 is 50.5. The number of hydrogen-bond donors (Lipinski definition) is 0. The molecule has 0 fully saturated rings. The maximum atomic E-state index is 13.5. The van der Waals surface area contributed by atoms with E-state index in [-0.39, 0.29) is 10.6 Å². The van der Waals surface area contributed by atoms with Crippen LogP contribution in [0.2, 0.25) is 10.0 Å². The van der Waals surface area contributed by atoms with Gasteiger partial charge in [0, 0.05) is 10.6 Å². The van der Waals surface area contributed by atoms with Gasteiger partial charge >= 0.3 is 6.18 Å². The summed E-state index contributed by atoms with van der Waals surface area (Å²) in [5.41, 5.74) is -1.85. The molecule has 0 aromatic heterocycles. The molecule has 0 saturated heterocycles. The van der Waals surface area contributed by atoms with E-state index in [0.29, 0.717) is 0 Å². The lowest BCUT2D eigenvalue weighted by atomic mass is 10.0. The van der Waals surface area contributed by atoms with E-state index in [9.17, 15) is 17.6 Å². The van der Waals surface area contributed by atoms with Crippen molar-refractivity contribution in [1.29, 1.82) is 0 Å². The molecular weight excluding hydrogens is 267 g/mol. The molecule has 1 rings (SSSR count). The van der Waals surface area contributed by atoms with E-state index in [1.54, 1.807) is 0 Å². The average molecular weight is 273 g/mol. The van der Waals surface area contributed by atoms with Crippen molar-refractivity contribution in [1.82, 2.24) is 0 Å². The summed E-state index contributed by atoms with van der Waals surface area (Å²) in [5, 5.41) is -0.459. The average Bonchev–Trinajstić information content (AvgIpc) is 2.18. The van der Waals surface area contributed by atoms with Gasteiger partial charge in [-0.15, -0.1) is 0 Å². The van der Waals surface area contributed by atoms with Crippen molar-refractivity contribution in [3.63, 3.8) is 0 Å². The molecular formula is C10H6Cl2F4. The number of hydrogen-bond acceptors (Lipinski definition) is 0. The zero-order chi connectivity index (χ0) is 12.7. The molecule has 0 atom stereocenters. The maximum absolute atomic E-state index is 13.5. The van der Waals surface area contributed by atoms with Crippen molar-refractivity contribution in [3.05, 3.63) is 39.6 Å². The van der Waals surface area contributed by atoms with Gasteiger partial charge < -0.3 is 0 Å². The van der Waals surface area contributed by atoms with Crippen LogP contribution in [0, 0.1) is 12.7 Å². The predicted molar refractivity (Wildman–Crippen MR) is 56.2 cm³/mol. The monoisotopic (exact) mass is 272 g/mol. The lowest BCUT2D eigenvalue weighted by Crippen LogP contribution is -2.11. The summed E-state index contributed by atoms with van der Waals surface area (Å²) >= 11 is 11.1. The van der Waals surface area contributed by atoms with E-state index in [2.05, 4.69) is 6.58 Å². The first-order valence-corrected chi connectivity index (χ1v) is 4.82. The van der Waals surface area contributed by atoms with Crippen LogP contribution in [0.3, 0.4) is 0 Å². The van der Waals surface area contributed by atoms with Crippen molar-refractivity contribution in [3.8, 4) is 0 Å². The number of benzene rings is 1. The molecule has 88 valence electrons. The second-order valence-corrected chi connectivity index (χ2v) is 3.92. The third-order valence-electron chi connectivity index (χ3n) is 2.06.